The van der Waals surface area contributed by atoms with Crippen LogP contribution in [0, 0.1) is 3.57 Å². The second-order valence-electron chi connectivity index (χ2n) is 4.46. The maximum absolute atomic E-state index is 12.5. The highest BCUT2D eigenvalue weighted by atomic mass is 127. The topological polar surface area (TPSA) is 21.1 Å². The SMILES string of the molecule is CN(Cc1c(I)cnn1C)c1ccc(C(F)(F)F)cc1. The van der Waals surface area contributed by atoms with Gasteiger partial charge in [-0.05, 0) is 46.9 Å². The molecule has 1 heterocycles. The van der Waals surface area contributed by atoms with Gasteiger partial charge in [0, 0.05) is 19.8 Å². The Kier molecular flexibility index (Phi) is 4.26. The minimum absolute atomic E-state index is 0.583. The third-order valence-electron chi connectivity index (χ3n) is 3.03. The molecule has 7 heteroatoms. The van der Waals surface area contributed by atoms with Crippen molar-refractivity contribution in [2.45, 2.75) is 12.7 Å². The van der Waals surface area contributed by atoms with Crippen LogP contribution in [-0.4, -0.2) is 16.8 Å². The van der Waals surface area contributed by atoms with Crippen LogP contribution >= 0.6 is 22.6 Å². The van der Waals surface area contributed by atoms with Crippen LogP contribution in [0.25, 0.3) is 0 Å². The zero-order chi connectivity index (χ0) is 14.9. The smallest absolute Gasteiger partial charge is 0.369 e. The minimum atomic E-state index is -4.30. The second-order valence-corrected chi connectivity index (χ2v) is 5.63. The molecular weight excluding hydrogens is 382 g/mol. The van der Waals surface area contributed by atoms with Crippen LogP contribution in [0.5, 0.6) is 0 Å². The van der Waals surface area contributed by atoms with E-state index in [-0.39, 0.29) is 0 Å². The maximum atomic E-state index is 12.5. The van der Waals surface area contributed by atoms with Gasteiger partial charge < -0.3 is 4.90 Å². The number of hydrogen-bond donors (Lipinski definition) is 0. The molecule has 3 nitrogen and oxygen atoms in total. The number of benzene rings is 1. The van der Waals surface area contributed by atoms with E-state index in [4.69, 9.17) is 0 Å². The van der Waals surface area contributed by atoms with Gasteiger partial charge in [-0.25, -0.2) is 0 Å². The van der Waals surface area contributed by atoms with E-state index in [0.29, 0.717) is 6.54 Å². The second kappa shape index (κ2) is 5.63. The number of halogens is 4. The van der Waals surface area contributed by atoms with E-state index in [9.17, 15) is 13.2 Å². The van der Waals surface area contributed by atoms with Crippen LogP contribution in [0.2, 0.25) is 0 Å². The molecule has 2 aromatic rings. The summed E-state index contributed by atoms with van der Waals surface area (Å²) < 4.78 is 40.3. The predicted molar refractivity (Wildman–Crippen MR) is 79.5 cm³/mol. The van der Waals surface area contributed by atoms with Crippen molar-refractivity contribution in [1.82, 2.24) is 9.78 Å². The molecule has 0 N–H and O–H groups in total. The molecule has 1 aromatic heterocycles. The highest BCUT2D eigenvalue weighted by Crippen LogP contribution is 2.30. The van der Waals surface area contributed by atoms with Crippen LogP contribution in [0.15, 0.2) is 30.5 Å². The molecule has 0 aliphatic rings. The first kappa shape index (κ1) is 15.1. The van der Waals surface area contributed by atoms with Gasteiger partial charge in [0.2, 0.25) is 0 Å². The van der Waals surface area contributed by atoms with Crippen LogP contribution in [-0.2, 0) is 19.8 Å². The van der Waals surface area contributed by atoms with Gasteiger partial charge >= 0.3 is 6.18 Å². The number of aryl methyl sites for hydroxylation is 1. The van der Waals surface area contributed by atoms with Gasteiger partial charge in [0.15, 0.2) is 0 Å². The highest BCUT2D eigenvalue weighted by Gasteiger charge is 2.30. The minimum Gasteiger partial charge on any atom is -0.369 e. The largest absolute Gasteiger partial charge is 0.416 e. The lowest BCUT2D eigenvalue weighted by Gasteiger charge is -2.20. The molecule has 0 saturated heterocycles. The van der Waals surface area contributed by atoms with Crippen molar-refractivity contribution in [1.29, 1.82) is 0 Å². The molecule has 0 atom stereocenters. The Morgan fingerprint density at radius 1 is 1.25 bits per heavy atom. The maximum Gasteiger partial charge on any atom is 0.416 e. The Morgan fingerprint density at radius 3 is 2.30 bits per heavy atom. The lowest BCUT2D eigenvalue weighted by atomic mass is 10.2. The van der Waals surface area contributed by atoms with Crippen molar-refractivity contribution >= 4 is 28.3 Å². The summed E-state index contributed by atoms with van der Waals surface area (Å²) in [6.07, 6.45) is -2.54. The van der Waals surface area contributed by atoms with E-state index in [1.54, 1.807) is 10.9 Å². The molecule has 0 saturated carbocycles. The van der Waals surface area contributed by atoms with Gasteiger partial charge in [-0.3, -0.25) is 4.68 Å². The zero-order valence-electron chi connectivity index (χ0n) is 10.9. The first-order valence-electron chi connectivity index (χ1n) is 5.84. The number of anilines is 1. The van der Waals surface area contributed by atoms with E-state index in [0.717, 1.165) is 27.1 Å². The Hall–Kier alpha value is -1.25. The van der Waals surface area contributed by atoms with Gasteiger partial charge in [0.05, 0.1) is 27.6 Å². The Labute approximate surface area is 128 Å². The normalized spacial score (nSPS) is 11.7. The zero-order valence-corrected chi connectivity index (χ0v) is 13.1. The first-order valence-corrected chi connectivity index (χ1v) is 6.91. The third kappa shape index (κ3) is 3.25. The van der Waals surface area contributed by atoms with E-state index in [1.165, 1.54) is 12.1 Å². The molecular formula is C13H13F3IN3. The summed E-state index contributed by atoms with van der Waals surface area (Å²) in [6, 6.07) is 5.15. The van der Waals surface area contributed by atoms with Crippen molar-refractivity contribution in [3.63, 3.8) is 0 Å². The van der Waals surface area contributed by atoms with Crippen molar-refractivity contribution in [3.05, 3.63) is 45.3 Å². The Bertz CT molecular complexity index is 570. The lowest BCUT2D eigenvalue weighted by Crippen LogP contribution is -2.19. The van der Waals surface area contributed by atoms with E-state index in [1.807, 2.05) is 19.0 Å². The molecule has 0 aliphatic carbocycles. The molecule has 1 aromatic carbocycles. The van der Waals surface area contributed by atoms with Gasteiger partial charge in [0.1, 0.15) is 0 Å². The third-order valence-corrected chi connectivity index (χ3v) is 3.93. The molecule has 0 amide bonds. The summed E-state index contributed by atoms with van der Waals surface area (Å²) in [5, 5.41) is 4.14. The number of rotatable bonds is 3. The van der Waals surface area contributed by atoms with Crippen molar-refractivity contribution in [2.24, 2.45) is 7.05 Å². The summed E-state index contributed by atoms with van der Waals surface area (Å²) in [5.74, 6) is 0. The molecule has 0 radical (unpaired) electrons. The summed E-state index contributed by atoms with van der Waals surface area (Å²) in [7, 11) is 3.68. The van der Waals surface area contributed by atoms with Crippen LogP contribution < -0.4 is 4.90 Å². The Morgan fingerprint density at radius 2 is 1.85 bits per heavy atom. The lowest BCUT2D eigenvalue weighted by molar-refractivity contribution is -0.137. The monoisotopic (exact) mass is 395 g/mol. The van der Waals surface area contributed by atoms with E-state index >= 15 is 0 Å². The summed E-state index contributed by atoms with van der Waals surface area (Å²) in [5.41, 5.74) is 1.12. The molecule has 20 heavy (non-hydrogen) atoms. The quantitative estimate of drug-likeness (QED) is 0.740. The molecule has 108 valence electrons. The Balaban J connectivity index is 2.16. The summed E-state index contributed by atoms with van der Waals surface area (Å²) >= 11 is 2.19. The van der Waals surface area contributed by atoms with Gasteiger partial charge in [-0.2, -0.15) is 18.3 Å². The molecule has 0 bridgehead atoms. The standard InChI is InChI=1S/C13H13F3IN3/c1-19(8-12-11(17)7-18-20(12)2)10-5-3-9(4-6-10)13(14,15)16/h3-7H,8H2,1-2H3. The van der Waals surface area contributed by atoms with Crippen molar-refractivity contribution in [3.8, 4) is 0 Å². The number of nitrogens with zero attached hydrogens (tertiary/aromatic N) is 3. The highest BCUT2D eigenvalue weighted by molar-refractivity contribution is 14.1. The number of alkyl halides is 3. The average molecular weight is 395 g/mol. The molecule has 0 aliphatic heterocycles. The van der Waals surface area contributed by atoms with Crippen LogP contribution in [0.3, 0.4) is 0 Å². The van der Waals surface area contributed by atoms with Crippen molar-refractivity contribution < 1.29 is 13.2 Å². The van der Waals surface area contributed by atoms with Crippen LogP contribution in [0.4, 0.5) is 18.9 Å². The van der Waals surface area contributed by atoms with E-state index < -0.39 is 11.7 Å². The number of hydrogen-bond acceptors (Lipinski definition) is 2. The van der Waals surface area contributed by atoms with Gasteiger partial charge in [-0.1, -0.05) is 0 Å². The number of aromatic nitrogens is 2. The summed E-state index contributed by atoms with van der Waals surface area (Å²) in [6.45, 7) is 0.583. The molecule has 0 fully saturated rings. The van der Waals surface area contributed by atoms with Gasteiger partial charge in [-0.15, -0.1) is 0 Å². The van der Waals surface area contributed by atoms with Crippen LogP contribution in [0.1, 0.15) is 11.3 Å². The fourth-order valence-corrected chi connectivity index (χ4v) is 2.48. The first-order chi connectivity index (χ1) is 9.29. The van der Waals surface area contributed by atoms with Gasteiger partial charge in [0.25, 0.3) is 0 Å². The van der Waals surface area contributed by atoms with Crippen molar-refractivity contribution in [2.75, 3.05) is 11.9 Å². The summed E-state index contributed by atoms with van der Waals surface area (Å²) in [4.78, 5) is 1.89. The molecule has 2 rings (SSSR count). The average Bonchev–Trinajstić information content (AvgIpc) is 2.69. The fourth-order valence-electron chi connectivity index (χ4n) is 1.83. The molecule has 0 unspecified atom stereocenters. The van der Waals surface area contributed by atoms with E-state index in [2.05, 4.69) is 27.7 Å². The molecule has 0 spiro atoms. The predicted octanol–water partition coefficient (Wildman–Crippen LogP) is 3.68. The fraction of sp³-hybridized carbons (Fsp3) is 0.308.